The van der Waals surface area contributed by atoms with Crippen LogP contribution in [0.1, 0.15) is 12.8 Å². The number of ether oxygens (including phenoxy) is 1. The molecular formula is C15H19ClN2O2. The molecule has 0 aliphatic carbocycles. The zero-order valence-corrected chi connectivity index (χ0v) is 12.1. The van der Waals surface area contributed by atoms with E-state index in [4.69, 9.17) is 16.3 Å². The zero-order valence-electron chi connectivity index (χ0n) is 11.3. The minimum atomic E-state index is 0.0413. The molecule has 2 atom stereocenters. The number of hydrogen-bond donors (Lipinski definition) is 1. The molecule has 4 nitrogen and oxygen atoms in total. The Morgan fingerprint density at radius 3 is 2.80 bits per heavy atom. The Hall–Kier alpha value is -1.26. The highest BCUT2D eigenvalue weighted by Crippen LogP contribution is 2.23. The molecule has 0 saturated carbocycles. The molecule has 2 fully saturated rings. The van der Waals surface area contributed by atoms with Gasteiger partial charge in [-0.15, -0.1) is 0 Å². The first-order valence-corrected chi connectivity index (χ1v) is 7.49. The van der Waals surface area contributed by atoms with Crippen LogP contribution in [0, 0.1) is 5.92 Å². The topological polar surface area (TPSA) is 41.6 Å². The lowest BCUT2D eigenvalue weighted by Gasteiger charge is -2.19. The molecule has 5 heteroatoms. The first-order valence-electron chi connectivity index (χ1n) is 7.11. The van der Waals surface area contributed by atoms with E-state index in [1.807, 2.05) is 24.3 Å². The molecule has 2 unspecified atom stereocenters. The lowest BCUT2D eigenvalue weighted by Crippen LogP contribution is -2.40. The maximum atomic E-state index is 12.1. The monoisotopic (exact) mass is 294 g/mol. The Kier molecular flexibility index (Phi) is 4.13. The number of carbonyl (C=O) groups excluding carboxylic acids is 1. The molecular weight excluding hydrogens is 276 g/mol. The number of amides is 1. The van der Waals surface area contributed by atoms with Crippen molar-refractivity contribution in [1.29, 1.82) is 0 Å². The van der Waals surface area contributed by atoms with Gasteiger partial charge in [-0.25, -0.2) is 0 Å². The van der Waals surface area contributed by atoms with E-state index in [0.717, 1.165) is 36.6 Å². The molecule has 20 heavy (non-hydrogen) atoms. The average molecular weight is 295 g/mol. The normalized spacial score (nSPS) is 25.9. The van der Waals surface area contributed by atoms with Crippen LogP contribution in [0.5, 0.6) is 0 Å². The van der Waals surface area contributed by atoms with Gasteiger partial charge in [-0.05, 0) is 37.1 Å². The second kappa shape index (κ2) is 6.02. The molecule has 1 N–H and O–H groups in total. The Bertz CT molecular complexity index is 471. The zero-order chi connectivity index (χ0) is 13.9. The molecule has 0 aromatic heterocycles. The molecule has 108 valence electrons. The Balaban J connectivity index is 1.54. The van der Waals surface area contributed by atoms with Crippen LogP contribution in [0.3, 0.4) is 0 Å². The predicted molar refractivity (Wildman–Crippen MR) is 79.1 cm³/mol. The SMILES string of the molecule is O=C(NC1CCN(c2ccc(Cl)cc2)C1)C1CCOC1. The van der Waals surface area contributed by atoms with Crippen molar-refractivity contribution in [2.45, 2.75) is 18.9 Å². The van der Waals surface area contributed by atoms with Gasteiger partial charge in [-0.1, -0.05) is 11.6 Å². The van der Waals surface area contributed by atoms with Gasteiger partial charge in [0.15, 0.2) is 0 Å². The predicted octanol–water partition coefficient (Wildman–Crippen LogP) is 2.07. The van der Waals surface area contributed by atoms with Crippen molar-refractivity contribution in [2.75, 3.05) is 31.2 Å². The van der Waals surface area contributed by atoms with Crippen LogP contribution in [0.25, 0.3) is 0 Å². The van der Waals surface area contributed by atoms with Gasteiger partial charge in [0.2, 0.25) is 5.91 Å². The fraction of sp³-hybridized carbons (Fsp3) is 0.533. The molecule has 2 saturated heterocycles. The van der Waals surface area contributed by atoms with Gasteiger partial charge in [0, 0.05) is 36.4 Å². The van der Waals surface area contributed by atoms with Gasteiger partial charge >= 0.3 is 0 Å². The number of nitrogens with one attached hydrogen (secondary N) is 1. The summed E-state index contributed by atoms with van der Waals surface area (Å²) in [5.41, 5.74) is 1.16. The van der Waals surface area contributed by atoms with Crippen molar-refractivity contribution in [3.63, 3.8) is 0 Å². The highest BCUT2D eigenvalue weighted by molar-refractivity contribution is 6.30. The molecule has 2 heterocycles. The summed E-state index contributed by atoms with van der Waals surface area (Å²) in [4.78, 5) is 14.3. The van der Waals surface area contributed by atoms with E-state index in [-0.39, 0.29) is 17.9 Å². The summed E-state index contributed by atoms with van der Waals surface area (Å²) in [6, 6.07) is 8.09. The van der Waals surface area contributed by atoms with Crippen molar-refractivity contribution in [3.8, 4) is 0 Å². The van der Waals surface area contributed by atoms with Crippen molar-refractivity contribution in [3.05, 3.63) is 29.3 Å². The van der Waals surface area contributed by atoms with Crippen LogP contribution in [0.2, 0.25) is 5.02 Å². The fourth-order valence-electron chi connectivity index (χ4n) is 2.82. The Labute approximate surface area is 124 Å². The van der Waals surface area contributed by atoms with Crippen LogP contribution in [-0.2, 0) is 9.53 Å². The summed E-state index contributed by atoms with van der Waals surface area (Å²) in [5.74, 6) is 0.185. The van der Waals surface area contributed by atoms with E-state index in [9.17, 15) is 4.79 Å². The van der Waals surface area contributed by atoms with E-state index in [1.165, 1.54) is 0 Å². The van der Waals surface area contributed by atoms with Gasteiger partial charge in [0.05, 0.1) is 12.5 Å². The van der Waals surface area contributed by atoms with E-state index < -0.39 is 0 Å². The van der Waals surface area contributed by atoms with Gasteiger partial charge < -0.3 is 15.0 Å². The van der Waals surface area contributed by atoms with Crippen LogP contribution < -0.4 is 10.2 Å². The highest BCUT2D eigenvalue weighted by atomic mass is 35.5. The summed E-state index contributed by atoms with van der Waals surface area (Å²) in [6.07, 6.45) is 1.83. The van der Waals surface area contributed by atoms with Gasteiger partial charge in [0.25, 0.3) is 0 Å². The summed E-state index contributed by atoms with van der Waals surface area (Å²) in [5, 5.41) is 3.89. The fourth-order valence-corrected chi connectivity index (χ4v) is 2.95. The molecule has 0 bridgehead atoms. The maximum Gasteiger partial charge on any atom is 0.225 e. The summed E-state index contributed by atoms with van der Waals surface area (Å²) in [6.45, 7) is 3.10. The Morgan fingerprint density at radius 2 is 2.10 bits per heavy atom. The van der Waals surface area contributed by atoms with E-state index >= 15 is 0 Å². The molecule has 1 amide bonds. The second-order valence-corrected chi connectivity index (χ2v) is 5.91. The molecule has 1 aromatic rings. The second-order valence-electron chi connectivity index (χ2n) is 5.48. The number of hydrogen-bond acceptors (Lipinski definition) is 3. The van der Waals surface area contributed by atoms with E-state index in [0.29, 0.717) is 13.2 Å². The van der Waals surface area contributed by atoms with Crippen molar-refractivity contribution >= 4 is 23.2 Å². The largest absolute Gasteiger partial charge is 0.381 e. The number of carbonyl (C=O) groups is 1. The first-order chi connectivity index (χ1) is 9.72. The minimum Gasteiger partial charge on any atom is -0.381 e. The average Bonchev–Trinajstić information content (AvgIpc) is 3.10. The van der Waals surface area contributed by atoms with E-state index in [2.05, 4.69) is 10.2 Å². The summed E-state index contributed by atoms with van der Waals surface area (Å²) in [7, 11) is 0. The standard InChI is InChI=1S/C15H19ClN2O2/c16-12-1-3-14(4-2-12)18-7-5-13(9-18)17-15(19)11-6-8-20-10-11/h1-4,11,13H,5-10H2,(H,17,19). The molecule has 2 aliphatic rings. The third-order valence-electron chi connectivity index (χ3n) is 4.03. The number of benzene rings is 1. The van der Waals surface area contributed by atoms with Crippen LogP contribution in [0.15, 0.2) is 24.3 Å². The van der Waals surface area contributed by atoms with Crippen molar-refractivity contribution in [2.24, 2.45) is 5.92 Å². The Morgan fingerprint density at radius 1 is 1.30 bits per heavy atom. The quantitative estimate of drug-likeness (QED) is 0.928. The molecule has 0 spiro atoms. The molecule has 2 aliphatic heterocycles. The van der Waals surface area contributed by atoms with Gasteiger partial charge in [-0.3, -0.25) is 4.79 Å². The minimum absolute atomic E-state index is 0.0413. The summed E-state index contributed by atoms with van der Waals surface area (Å²) < 4.78 is 5.26. The smallest absolute Gasteiger partial charge is 0.225 e. The first kappa shape index (κ1) is 13.7. The maximum absolute atomic E-state index is 12.1. The highest BCUT2D eigenvalue weighted by Gasteiger charge is 2.28. The van der Waals surface area contributed by atoms with Crippen LogP contribution >= 0.6 is 11.6 Å². The summed E-state index contributed by atoms with van der Waals surface area (Å²) >= 11 is 5.90. The molecule has 3 rings (SSSR count). The lowest BCUT2D eigenvalue weighted by atomic mass is 10.1. The van der Waals surface area contributed by atoms with Gasteiger partial charge in [-0.2, -0.15) is 0 Å². The number of rotatable bonds is 3. The van der Waals surface area contributed by atoms with Crippen LogP contribution in [-0.4, -0.2) is 38.3 Å². The van der Waals surface area contributed by atoms with Gasteiger partial charge in [0.1, 0.15) is 0 Å². The van der Waals surface area contributed by atoms with E-state index in [1.54, 1.807) is 0 Å². The third kappa shape index (κ3) is 3.07. The van der Waals surface area contributed by atoms with Crippen molar-refractivity contribution < 1.29 is 9.53 Å². The number of halogens is 1. The molecule has 0 radical (unpaired) electrons. The number of nitrogens with zero attached hydrogens (tertiary/aromatic N) is 1. The lowest BCUT2D eigenvalue weighted by molar-refractivity contribution is -0.125. The van der Waals surface area contributed by atoms with Crippen LogP contribution in [0.4, 0.5) is 5.69 Å². The van der Waals surface area contributed by atoms with Crippen molar-refractivity contribution in [1.82, 2.24) is 5.32 Å². The third-order valence-corrected chi connectivity index (χ3v) is 4.28. The molecule has 1 aromatic carbocycles. The number of anilines is 1.